The molecule has 20 heteroatoms. The predicted octanol–water partition coefficient (Wildman–Crippen LogP) is 10.1. The van der Waals surface area contributed by atoms with Crippen LogP contribution in [0.4, 0.5) is 9.59 Å². The van der Waals surface area contributed by atoms with Crippen molar-refractivity contribution < 1.29 is 38.6 Å². The normalized spacial score (nSPS) is 20.6. The molecular weight excluding hydrogens is 1100 g/mol. The minimum absolute atomic E-state index is 0. The number of aromatic amines is 3. The summed E-state index contributed by atoms with van der Waals surface area (Å²) in [6, 6.07) is 16.9. The van der Waals surface area contributed by atoms with Gasteiger partial charge in [-0.15, -0.1) is 12.4 Å². The fourth-order valence-corrected chi connectivity index (χ4v) is 10.4. The first-order valence-electron chi connectivity index (χ1n) is 22.3. The highest BCUT2D eigenvalue weighted by Gasteiger charge is 2.37. The van der Waals surface area contributed by atoms with E-state index in [2.05, 4.69) is 79.4 Å². The Kier molecular flexibility index (Phi) is 16.3. The predicted molar refractivity (Wildman–Crippen MR) is 278 cm³/mol. The number of benzene rings is 3. The van der Waals surface area contributed by atoms with Gasteiger partial charge < -0.3 is 57.4 Å². The van der Waals surface area contributed by atoms with Crippen molar-refractivity contribution in [2.45, 2.75) is 109 Å². The van der Waals surface area contributed by atoms with Crippen LogP contribution in [0, 0.1) is 17.8 Å². The maximum atomic E-state index is 12.2. The van der Waals surface area contributed by atoms with Gasteiger partial charge >= 0.3 is 18.2 Å². The molecule has 6 unspecified atom stereocenters. The molecule has 3 aliphatic carbocycles. The molecule has 3 heterocycles. The first-order valence-corrected chi connectivity index (χ1v) is 24.7. The number of nitrogens with one attached hydrogen (secondary N) is 5. The summed E-state index contributed by atoms with van der Waals surface area (Å²) in [6.07, 6.45) is 2.03. The van der Waals surface area contributed by atoms with Gasteiger partial charge in [-0.05, 0) is 151 Å². The summed E-state index contributed by atoms with van der Waals surface area (Å²) >= 11 is 10.4. The molecule has 0 aliphatic heterocycles. The van der Waals surface area contributed by atoms with Gasteiger partial charge in [-0.25, -0.2) is 9.59 Å². The summed E-state index contributed by atoms with van der Waals surface area (Å²) in [6.45, 7) is 10.8. The van der Waals surface area contributed by atoms with Crippen molar-refractivity contribution in [2.24, 2.45) is 35.0 Å². The van der Waals surface area contributed by atoms with E-state index in [-0.39, 0.29) is 48.1 Å². The molecule has 9 rings (SSSR count). The molecule has 6 aromatic rings. The van der Waals surface area contributed by atoms with Gasteiger partial charge in [-0.2, -0.15) is 0 Å². The Morgan fingerprint density at radius 2 is 0.913 bits per heavy atom. The first-order chi connectivity index (χ1) is 31.8. The highest BCUT2D eigenvalue weighted by atomic mass is 79.9. The van der Waals surface area contributed by atoms with E-state index in [1.807, 2.05) is 69.3 Å². The number of carbonyl (C=O) groups excluding carboxylic acids is 4. The molecule has 6 atom stereocenters. The summed E-state index contributed by atoms with van der Waals surface area (Å²) in [5.74, 6) is -2.52. The number of carboxylic acid groups (broad SMARTS) is 1. The maximum Gasteiger partial charge on any atom is 0.408 e. The van der Waals surface area contributed by atoms with Gasteiger partial charge in [-0.3, -0.25) is 14.4 Å². The molecule has 0 radical (unpaired) electrons. The largest absolute Gasteiger partial charge is 0.481 e. The number of nitrogens with two attached hydrogens (primary N) is 3. The molecule has 16 nitrogen and oxygen atoms in total. The highest BCUT2D eigenvalue weighted by molar-refractivity contribution is 9.11. The Bertz CT molecular complexity index is 2800. The standard InChI is InChI=1S/C18H22BrN3O3.C18H21BrN2O4.C13H14BrN3O.ClH/c1-18(2,3)25-17(24)22-14-7-9(16(20)23)6-12-11-8-10(19)4-5-13(11)21-15(12)14;1-18(2,3)25-17(24)21-14-7-9(16(22)23)6-12-11-8-10(19)4-5-13(11)20-15(12)14;14-7-1-2-11-8(5-7)9-3-6(13(16)18)4-10(15)12(9)17-11;/h4-5,8-9,14,21H,6-7H2,1-3H3,(H2,20,23)(H,22,24);4-5,8-9,14,20H,6-7H2,1-3H3,(H,21,24)(H,22,23);1-2,5-6,10,17H,3-4,15H2,(H2,16,18);1H. The van der Waals surface area contributed by atoms with Crippen LogP contribution in [-0.2, 0) is 43.1 Å². The van der Waals surface area contributed by atoms with E-state index in [4.69, 9.17) is 26.7 Å². The SMILES string of the molecule is CC(C)(C)OC(=O)NC1CC(C(=O)O)Cc2c1[nH]c1ccc(Br)cc21.CC(C)(C)OC(=O)NC1CC(C(N)=O)Cc2c1[nH]c1ccc(Br)cc21.Cl.NC(=O)C1Cc2c([nH]c3ccc(Br)cc23)C(N)C1. The molecule has 0 spiro atoms. The maximum absolute atomic E-state index is 12.2. The molecule has 4 amide bonds. The molecule has 69 heavy (non-hydrogen) atoms. The highest BCUT2D eigenvalue weighted by Crippen LogP contribution is 2.41. The second-order valence-corrected chi connectivity index (χ2v) is 22.4. The van der Waals surface area contributed by atoms with Crippen molar-refractivity contribution in [1.82, 2.24) is 25.6 Å². The van der Waals surface area contributed by atoms with E-state index >= 15 is 0 Å². The monoisotopic (exact) mass is 1160 g/mol. The lowest BCUT2D eigenvalue weighted by Crippen LogP contribution is -2.40. The molecule has 12 N–H and O–H groups in total. The third-order valence-electron chi connectivity index (χ3n) is 12.2. The van der Waals surface area contributed by atoms with Crippen molar-refractivity contribution in [2.75, 3.05) is 0 Å². The Hall–Kier alpha value is -5.08. The zero-order chi connectivity index (χ0) is 49.6. The molecule has 3 aromatic heterocycles. The minimum Gasteiger partial charge on any atom is -0.481 e. The van der Waals surface area contributed by atoms with Crippen LogP contribution in [0.2, 0.25) is 0 Å². The van der Waals surface area contributed by atoms with Gasteiger partial charge in [0, 0.05) is 81.1 Å². The summed E-state index contributed by atoms with van der Waals surface area (Å²) in [5.41, 5.74) is 24.8. The van der Waals surface area contributed by atoms with Crippen molar-refractivity contribution in [3.8, 4) is 0 Å². The number of ether oxygens (including phenoxy) is 2. The zero-order valence-electron chi connectivity index (χ0n) is 39.0. The van der Waals surface area contributed by atoms with E-state index in [0.29, 0.717) is 38.5 Å². The Balaban J connectivity index is 0.000000171. The molecular formula is C49H58Br3ClN8O8. The molecule has 370 valence electrons. The van der Waals surface area contributed by atoms with E-state index in [0.717, 1.165) is 79.9 Å². The van der Waals surface area contributed by atoms with Crippen LogP contribution in [0.15, 0.2) is 68.0 Å². The van der Waals surface area contributed by atoms with Gasteiger partial charge in [0.1, 0.15) is 11.2 Å². The number of hydrogen-bond acceptors (Lipinski definition) is 8. The van der Waals surface area contributed by atoms with Gasteiger partial charge in [0.25, 0.3) is 0 Å². The fourth-order valence-electron chi connectivity index (χ4n) is 9.30. The number of carboxylic acids is 1. The number of fused-ring (bicyclic) bond motifs is 9. The second-order valence-electron chi connectivity index (χ2n) is 19.7. The molecule has 0 bridgehead atoms. The van der Waals surface area contributed by atoms with Gasteiger partial charge in [0.2, 0.25) is 11.8 Å². The quantitative estimate of drug-likeness (QED) is 0.0793. The number of aromatic nitrogens is 3. The molecule has 3 aliphatic rings. The van der Waals surface area contributed by atoms with Crippen LogP contribution in [0.1, 0.15) is 113 Å². The topological polar surface area (TPSA) is 274 Å². The number of aliphatic carboxylic acids is 1. The van der Waals surface area contributed by atoms with Crippen LogP contribution in [-0.4, -0.2) is 61.2 Å². The van der Waals surface area contributed by atoms with Crippen molar-refractivity contribution in [1.29, 1.82) is 0 Å². The fraction of sp³-hybridized carbons (Fsp3) is 0.408. The number of H-pyrrole nitrogens is 3. The summed E-state index contributed by atoms with van der Waals surface area (Å²) in [7, 11) is 0. The van der Waals surface area contributed by atoms with Gasteiger partial charge in [0.15, 0.2) is 0 Å². The third kappa shape index (κ3) is 12.6. The van der Waals surface area contributed by atoms with E-state index in [1.165, 1.54) is 0 Å². The Morgan fingerprint density at radius 3 is 1.28 bits per heavy atom. The average molecular weight is 1160 g/mol. The number of hydrogen-bond donors (Lipinski definition) is 9. The van der Waals surface area contributed by atoms with E-state index in [1.54, 1.807) is 20.8 Å². The van der Waals surface area contributed by atoms with Gasteiger partial charge in [-0.1, -0.05) is 47.8 Å². The number of amides is 4. The minimum atomic E-state index is -0.856. The lowest BCUT2D eigenvalue weighted by Gasteiger charge is -2.29. The third-order valence-corrected chi connectivity index (χ3v) is 13.7. The van der Waals surface area contributed by atoms with Crippen LogP contribution in [0.25, 0.3) is 32.7 Å². The van der Waals surface area contributed by atoms with E-state index < -0.39 is 41.3 Å². The summed E-state index contributed by atoms with van der Waals surface area (Å²) in [4.78, 5) is 69.2. The Morgan fingerprint density at radius 1 is 0.580 bits per heavy atom. The van der Waals surface area contributed by atoms with Crippen molar-refractivity contribution in [3.63, 3.8) is 0 Å². The molecule has 3 aromatic carbocycles. The second kappa shape index (κ2) is 21.1. The molecule has 0 saturated carbocycles. The van der Waals surface area contributed by atoms with Crippen LogP contribution >= 0.6 is 60.2 Å². The number of carbonyl (C=O) groups is 5. The van der Waals surface area contributed by atoms with Crippen LogP contribution in [0.5, 0.6) is 0 Å². The van der Waals surface area contributed by atoms with Crippen molar-refractivity contribution >= 4 is 123 Å². The lowest BCUT2D eigenvalue weighted by atomic mass is 9.83. The number of primary amides is 2. The molecule has 0 fully saturated rings. The Labute approximate surface area is 430 Å². The lowest BCUT2D eigenvalue weighted by molar-refractivity contribution is -0.142. The first kappa shape index (κ1) is 53.3. The number of alkyl carbamates (subject to hydrolysis) is 2. The average Bonchev–Trinajstić information content (AvgIpc) is 3.91. The van der Waals surface area contributed by atoms with Crippen LogP contribution < -0.4 is 27.8 Å². The number of rotatable bonds is 5. The molecule has 0 saturated heterocycles. The summed E-state index contributed by atoms with van der Waals surface area (Å²) in [5, 5.41) is 18.3. The number of halogens is 4. The van der Waals surface area contributed by atoms with Crippen LogP contribution in [0.3, 0.4) is 0 Å². The van der Waals surface area contributed by atoms with Gasteiger partial charge in [0.05, 0.1) is 18.0 Å². The smallest absolute Gasteiger partial charge is 0.408 e. The van der Waals surface area contributed by atoms with Crippen molar-refractivity contribution in [3.05, 3.63) is 102 Å². The zero-order valence-corrected chi connectivity index (χ0v) is 44.6. The summed E-state index contributed by atoms with van der Waals surface area (Å²) < 4.78 is 13.6. The van der Waals surface area contributed by atoms with E-state index in [9.17, 15) is 29.1 Å².